The smallest absolute Gasteiger partial charge is 0.0991 e. The van der Waals surface area contributed by atoms with Crippen LogP contribution < -0.4 is 5.32 Å². The molecule has 3 nitrogen and oxygen atoms in total. The lowest BCUT2D eigenvalue weighted by Gasteiger charge is -2.35. The van der Waals surface area contributed by atoms with Crippen LogP contribution in [0, 0.1) is 17.2 Å². The first kappa shape index (κ1) is 11.9. The van der Waals surface area contributed by atoms with Crippen LogP contribution in [-0.2, 0) is 0 Å². The molecule has 1 heterocycles. The minimum absolute atomic E-state index is 0.541. The summed E-state index contributed by atoms with van der Waals surface area (Å²) in [5, 5.41) is 12.3. The Kier molecular flexibility index (Phi) is 3.65. The predicted molar refractivity (Wildman–Crippen MR) is 69.8 cm³/mol. The summed E-state index contributed by atoms with van der Waals surface area (Å²) in [4.78, 5) is 2.38. The van der Waals surface area contributed by atoms with Crippen molar-refractivity contribution in [1.29, 1.82) is 5.26 Å². The van der Waals surface area contributed by atoms with Gasteiger partial charge < -0.3 is 10.2 Å². The van der Waals surface area contributed by atoms with Crippen LogP contribution in [0.3, 0.4) is 0 Å². The monoisotopic (exact) mass is 229 g/mol. The van der Waals surface area contributed by atoms with Gasteiger partial charge in [-0.05, 0) is 50.2 Å². The third-order valence-corrected chi connectivity index (χ3v) is 3.47. The average Bonchev–Trinajstić information content (AvgIpc) is 2.34. The number of hydrogen-bond acceptors (Lipinski definition) is 3. The van der Waals surface area contributed by atoms with Crippen molar-refractivity contribution in [3.63, 3.8) is 0 Å². The van der Waals surface area contributed by atoms with Crippen LogP contribution in [-0.4, -0.2) is 31.1 Å². The molecule has 0 aromatic heterocycles. The Morgan fingerprint density at radius 2 is 2.06 bits per heavy atom. The summed E-state index contributed by atoms with van der Waals surface area (Å²) in [5.74, 6) is 0.657. The van der Waals surface area contributed by atoms with Crippen molar-refractivity contribution in [3.05, 3.63) is 29.8 Å². The van der Waals surface area contributed by atoms with E-state index in [0.717, 1.165) is 18.8 Å². The van der Waals surface area contributed by atoms with Gasteiger partial charge in [0, 0.05) is 18.3 Å². The number of piperidine rings is 1. The van der Waals surface area contributed by atoms with Gasteiger partial charge in [-0.1, -0.05) is 6.92 Å². The molecule has 0 radical (unpaired) electrons. The minimum atomic E-state index is 0.541. The van der Waals surface area contributed by atoms with Crippen molar-refractivity contribution >= 4 is 5.69 Å². The number of nitriles is 1. The normalized spacial score (nSPS) is 25.2. The molecule has 2 unspecified atom stereocenters. The lowest BCUT2D eigenvalue weighted by molar-refractivity contribution is 0.206. The van der Waals surface area contributed by atoms with Gasteiger partial charge in [0.25, 0.3) is 0 Å². The van der Waals surface area contributed by atoms with Crippen molar-refractivity contribution in [2.45, 2.75) is 19.4 Å². The van der Waals surface area contributed by atoms with Gasteiger partial charge in [-0.3, -0.25) is 0 Å². The van der Waals surface area contributed by atoms with E-state index in [0.29, 0.717) is 17.5 Å². The summed E-state index contributed by atoms with van der Waals surface area (Å²) in [5.41, 5.74) is 1.83. The first-order valence-electron chi connectivity index (χ1n) is 6.14. The van der Waals surface area contributed by atoms with Gasteiger partial charge in [-0.15, -0.1) is 0 Å². The Bertz CT molecular complexity index is 404. The molecule has 1 aliphatic heterocycles. The number of hydrogen-bond donors (Lipinski definition) is 1. The topological polar surface area (TPSA) is 39.1 Å². The molecule has 1 aromatic carbocycles. The van der Waals surface area contributed by atoms with Gasteiger partial charge in [0.15, 0.2) is 0 Å². The SMILES string of the molecule is CC1CN(C)CCC1Nc1ccc(C#N)cc1. The van der Waals surface area contributed by atoms with Crippen molar-refractivity contribution in [1.82, 2.24) is 4.90 Å². The van der Waals surface area contributed by atoms with Gasteiger partial charge in [-0.25, -0.2) is 0 Å². The Morgan fingerprint density at radius 3 is 2.65 bits per heavy atom. The number of likely N-dealkylation sites (tertiary alicyclic amines) is 1. The lowest BCUT2D eigenvalue weighted by Crippen LogP contribution is -2.43. The number of benzene rings is 1. The third-order valence-electron chi connectivity index (χ3n) is 3.47. The second-order valence-corrected chi connectivity index (χ2v) is 4.97. The van der Waals surface area contributed by atoms with Crippen molar-refractivity contribution in [2.75, 3.05) is 25.5 Å². The summed E-state index contributed by atoms with van der Waals surface area (Å²) in [6.07, 6.45) is 1.18. The molecule has 3 heteroatoms. The molecular weight excluding hydrogens is 210 g/mol. The zero-order chi connectivity index (χ0) is 12.3. The molecule has 1 saturated heterocycles. The first-order valence-corrected chi connectivity index (χ1v) is 6.14. The number of nitrogens with zero attached hydrogens (tertiary/aromatic N) is 2. The molecule has 2 rings (SSSR count). The summed E-state index contributed by atoms with van der Waals surface area (Å²) in [6, 6.07) is 10.4. The lowest BCUT2D eigenvalue weighted by atomic mass is 9.94. The summed E-state index contributed by atoms with van der Waals surface area (Å²) >= 11 is 0. The Labute approximate surface area is 103 Å². The fourth-order valence-electron chi connectivity index (χ4n) is 2.42. The maximum absolute atomic E-state index is 8.75. The van der Waals surface area contributed by atoms with E-state index in [-0.39, 0.29) is 0 Å². The van der Waals surface area contributed by atoms with E-state index in [2.05, 4.69) is 30.3 Å². The van der Waals surface area contributed by atoms with E-state index >= 15 is 0 Å². The molecule has 90 valence electrons. The maximum Gasteiger partial charge on any atom is 0.0991 e. The van der Waals surface area contributed by atoms with Crippen molar-refractivity contribution in [3.8, 4) is 6.07 Å². The van der Waals surface area contributed by atoms with Crippen LogP contribution in [0.2, 0.25) is 0 Å². The van der Waals surface area contributed by atoms with E-state index in [9.17, 15) is 0 Å². The van der Waals surface area contributed by atoms with Gasteiger partial charge >= 0.3 is 0 Å². The second-order valence-electron chi connectivity index (χ2n) is 4.97. The molecule has 1 fully saturated rings. The predicted octanol–water partition coefficient (Wildman–Crippen LogP) is 2.31. The quantitative estimate of drug-likeness (QED) is 0.846. The third kappa shape index (κ3) is 2.98. The number of nitrogens with one attached hydrogen (secondary N) is 1. The van der Waals surface area contributed by atoms with Crippen LogP contribution in [0.5, 0.6) is 0 Å². The van der Waals surface area contributed by atoms with E-state index in [1.165, 1.54) is 6.42 Å². The largest absolute Gasteiger partial charge is 0.382 e. The molecule has 0 amide bonds. The molecule has 0 aliphatic carbocycles. The fourth-order valence-corrected chi connectivity index (χ4v) is 2.42. The zero-order valence-electron chi connectivity index (χ0n) is 10.5. The summed E-state index contributed by atoms with van der Waals surface area (Å²) in [7, 11) is 2.18. The van der Waals surface area contributed by atoms with Gasteiger partial charge in [0.1, 0.15) is 0 Å². The highest BCUT2D eigenvalue weighted by Gasteiger charge is 2.23. The molecule has 1 aromatic rings. The standard InChI is InChI=1S/C14H19N3/c1-11-10-17(2)8-7-14(11)16-13-5-3-12(9-15)4-6-13/h3-6,11,14,16H,7-8,10H2,1-2H3. The molecule has 0 bridgehead atoms. The highest BCUT2D eigenvalue weighted by molar-refractivity contribution is 5.48. The molecule has 0 saturated carbocycles. The van der Waals surface area contributed by atoms with Crippen LogP contribution in [0.4, 0.5) is 5.69 Å². The highest BCUT2D eigenvalue weighted by atomic mass is 15.1. The van der Waals surface area contributed by atoms with E-state index in [1.54, 1.807) is 0 Å². The maximum atomic E-state index is 8.75. The van der Waals surface area contributed by atoms with Crippen molar-refractivity contribution < 1.29 is 0 Å². The summed E-state index contributed by atoms with van der Waals surface area (Å²) < 4.78 is 0. The number of rotatable bonds is 2. The number of anilines is 1. The zero-order valence-corrected chi connectivity index (χ0v) is 10.5. The minimum Gasteiger partial charge on any atom is -0.382 e. The summed E-state index contributed by atoms with van der Waals surface area (Å²) in [6.45, 7) is 4.59. The van der Waals surface area contributed by atoms with E-state index in [1.807, 2.05) is 24.3 Å². The molecule has 17 heavy (non-hydrogen) atoms. The molecule has 1 aliphatic rings. The Morgan fingerprint density at radius 1 is 1.35 bits per heavy atom. The molecule has 1 N–H and O–H groups in total. The molecule has 2 atom stereocenters. The van der Waals surface area contributed by atoms with Gasteiger partial charge in [0.05, 0.1) is 11.6 Å². The van der Waals surface area contributed by atoms with Gasteiger partial charge in [-0.2, -0.15) is 5.26 Å². The Balaban J connectivity index is 1.98. The molecular formula is C14H19N3. The second kappa shape index (κ2) is 5.20. The van der Waals surface area contributed by atoms with Crippen molar-refractivity contribution in [2.24, 2.45) is 5.92 Å². The average molecular weight is 229 g/mol. The van der Waals surface area contributed by atoms with Crippen LogP contribution in [0.25, 0.3) is 0 Å². The van der Waals surface area contributed by atoms with Crippen LogP contribution >= 0.6 is 0 Å². The van der Waals surface area contributed by atoms with Crippen LogP contribution in [0.1, 0.15) is 18.9 Å². The Hall–Kier alpha value is -1.53. The van der Waals surface area contributed by atoms with E-state index in [4.69, 9.17) is 5.26 Å². The van der Waals surface area contributed by atoms with Gasteiger partial charge in [0.2, 0.25) is 0 Å². The first-order chi connectivity index (χ1) is 8.19. The van der Waals surface area contributed by atoms with E-state index < -0.39 is 0 Å². The fraction of sp³-hybridized carbons (Fsp3) is 0.500. The molecule has 0 spiro atoms. The van der Waals surface area contributed by atoms with Crippen LogP contribution in [0.15, 0.2) is 24.3 Å². The highest BCUT2D eigenvalue weighted by Crippen LogP contribution is 2.20.